The van der Waals surface area contributed by atoms with Gasteiger partial charge in [0.15, 0.2) is 0 Å². The molecule has 0 spiro atoms. The molecule has 2 heterocycles. The van der Waals surface area contributed by atoms with E-state index in [2.05, 4.69) is 10.2 Å². The Morgan fingerprint density at radius 3 is 3.05 bits per heavy atom. The molecule has 2 atom stereocenters. The Bertz CT molecular complexity index is 503. The summed E-state index contributed by atoms with van der Waals surface area (Å²) < 4.78 is 13.7. The van der Waals surface area contributed by atoms with Gasteiger partial charge in [0, 0.05) is 18.6 Å². The fourth-order valence-corrected chi connectivity index (χ4v) is 3.31. The molecule has 2 unspecified atom stereocenters. The maximum absolute atomic E-state index is 13.7. The quantitative estimate of drug-likeness (QED) is 0.885. The van der Waals surface area contributed by atoms with Crippen molar-refractivity contribution in [3.63, 3.8) is 0 Å². The van der Waals surface area contributed by atoms with Gasteiger partial charge in [-0.2, -0.15) is 0 Å². The average Bonchev–Trinajstić information content (AvgIpc) is 2.97. The number of hydrogen-bond donors (Lipinski definition) is 1. The van der Waals surface area contributed by atoms with Crippen molar-refractivity contribution in [1.82, 2.24) is 10.2 Å². The van der Waals surface area contributed by atoms with E-state index in [9.17, 15) is 9.18 Å². The molecule has 2 aliphatic rings. The van der Waals surface area contributed by atoms with Gasteiger partial charge in [0.2, 0.25) is 0 Å². The van der Waals surface area contributed by atoms with E-state index in [1.165, 1.54) is 12.5 Å². The van der Waals surface area contributed by atoms with Crippen molar-refractivity contribution in [3.8, 4) is 0 Å². The molecule has 102 valence electrons. The van der Waals surface area contributed by atoms with Gasteiger partial charge in [0.25, 0.3) is 5.91 Å². The second-order valence-corrected chi connectivity index (χ2v) is 5.60. The Morgan fingerprint density at radius 1 is 1.37 bits per heavy atom. The van der Waals surface area contributed by atoms with Crippen molar-refractivity contribution < 1.29 is 9.18 Å². The third kappa shape index (κ3) is 2.37. The first-order valence-corrected chi connectivity index (χ1v) is 6.96. The maximum Gasteiger partial charge on any atom is 0.254 e. The molecule has 1 aromatic rings. The van der Waals surface area contributed by atoms with Gasteiger partial charge in [-0.15, -0.1) is 0 Å². The molecule has 2 aliphatic heterocycles. The molecule has 19 heavy (non-hydrogen) atoms. The molecule has 4 heteroatoms. The van der Waals surface area contributed by atoms with Crippen LogP contribution in [0, 0.1) is 12.7 Å². The highest BCUT2D eigenvalue weighted by atomic mass is 19.1. The van der Waals surface area contributed by atoms with Crippen molar-refractivity contribution in [2.75, 3.05) is 13.1 Å². The van der Waals surface area contributed by atoms with E-state index in [0.29, 0.717) is 6.04 Å². The number of rotatable bonds is 2. The summed E-state index contributed by atoms with van der Waals surface area (Å²) in [6.07, 6.45) is 3.32. The summed E-state index contributed by atoms with van der Waals surface area (Å²) in [6.45, 7) is 4.05. The molecular formula is C15H19FN2O. The molecule has 3 rings (SSSR count). The van der Waals surface area contributed by atoms with E-state index in [0.717, 1.165) is 31.5 Å². The summed E-state index contributed by atoms with van der Waals surface area (Å²) in [7, 11) is 0. The fourth-order valence-electron chi connectivity index (χ4n) is 3.31. The maximum atomic E-state index is 13.7. The number of nitrogens with one attached hydrogen (secondary N) is 1. The molecule has 0 aromatic heterocycles. The zero-order valence-corrected chi connectivity index (χ0v) is 11.2. The molecule has 2 saturated heterocycles. The van der Waals surface area contributed by atoms with E-state index in [-0.39, 0.29) is 17.5 Å². The molecule has 1 aromatic carbocycles. The summed E-state index contributed by atoms with van der Waals surface area (Å²) in [5.41, 5.74) is 1.07. The highest BCUT2D eigenvalue weighted by Crippen LogP contribution is 2.28. The van der Waals surface area contributed by atoms with Crippen LogP contribution in [0.3, 0.4) is 0 Å². The molecule has 1 amide bonds. The summed E-state index contributed by atoms with van der Waals surface area (Å²) in [6, 6.07) is 5.29. The summed E-state index contributed by atoms with van der Waals surface area (Å²) in [5, 5.41) is 3.01. The van der Waals surface area contributed by atoms with Crippen LogP contribution in [0.4, 0.5) is 4.39 Å². The van der Waals surface area contributed by atoms with Crippen LogP contribution in [-0.2, 0) is 0 Å². The van der Waals surface area contributed by atoms with Gasteiger partial charge in [-0.25, -0.2) is 4.39 Å². The first kappa shape index (κ1) is 12.6. The van der Waals surface area contributed by atoms with Crippen LogP contribution >= 0.6 is 0 Å². The Hall–Kier alpha value is -1.42. The van der Waals surface area contributed by atoms with Gasteiger partial charge in [-0.05, 0) is 44.9 Å². The highest BCUT2D eigenvalue weighted by Gasteiger charge is 2.38. The van der Waals surface area contributed by atoms with Gasteiger partial charge in [-0.3, -0.25) is 9.69 Å². The fraction of sp³-hybridized carbons (Fsp3) is 0.533. The number of halogens is 1. The Balaban J connectivity index is 1.73. The van der Waals surface area contributed by atoms with Crippen LogP contribution < -0.4 is 5.32 Å². The van der Waals surface area contributed by atoms with E-state index >= 15 is 0 Å². The van der Waals surface area contributed by atoms with Gasteiger partial charge < -0.3 is 5.32 Å². The largest absolute Gasteiger partial charge is 0.348 e. The van der Waals surface area contributed by atoms with Crippen molar-refractivity contribution in [2.45, 2.75) is 38.3 Å². The predicted molar refractivity (Wildman–Crippen MR) is 71.6 cm³/mol. The first-order chi connectivity index (χ1) is 9.15. The lowest BCUT2D eigenvalue weighted by molar-refractivity contribution is 0.0925. The topological polar surface area (TPSA) is 32.3 Å². The van der Waals surface area contributed by atoms with E-state index in [1.807, 2.05) is 6.92 Å². The first-order valence-electron chi connectivity index (χ1n) is 6.96. The van der Waals surface area contributed by atoms with Gasteiger partial charge in [0.1, 0.15) is 5.82 Å². The minimum absolute atomic E-state index is 0.163. The SMILES string of the molecule is Cc1ccc(F)c(C(=O)NC2CCN3CCCC23)c1. The Labute approximate surface area is 112 Å². The summed E-state index contributed by atoms with van der Waals surface area (Å²) >= 11 is 0. The van der Waals surface area contributed by atoms with E-state index in [1.54, 1.807) is 12.1 Å². The van der Waals surface area contributed by atoms with Crippen LogP contribution in [0.15, 0.2) is 18.2 Å². The second-order valence-electron chi connectivity index (χ2n) is 5.60. The van der Waals surface area contributed by atoms with Gasteiger partial charge >= 0.3 is 0 Å². The molecule has 3 nitrogen and oxygen atoms in total. The van der Waals surface area contributed by atoms with Crippen molar-refractivity contribution in [1.29, 1.82) is 0 Å². The Morgan fingerprint density at radius 2 is 2.21 bits per heavy atom. The minimum atomic E-state index is -0.440. The lowest BCUT2D eigenvalue weighted by Gasteiger charge is -2.21. The zero-order chi connectivity index (χ0) is 13.4. The number of amides is 1. The van der Waals surface area contributed by atoms with Gasteiger partial charge in [0.05, 0.1) is 5.56 Å². The summed E-state index contributed by atoms with van der Waals surface area (Å²) in [5.74, 6) is -0.718. The van der Waals surface area contributed by atoms with Crippen LogP contribution in [0.5, 0.6) is 0 Å². The highest BCUT2D eigenvalue weighted by molar-refractivity contribution is 5.94. The third-order valence-electron chi connectivity index (χ3n) is 4.29. The Kier molecular flexibility index (Phi) is 3.27. The number of aryl methyl sites for hydroxylation is 1. The number of fused-ring (bicyclic) bond motifs is 1. The molecule has 0 radical (unpaired) electrons. The number of hydrogen-bond acceptors (Lipinski definition) is 2. The predicted octanol–water partition coefficient (Wildman–Crippen LogP) is 2.10. The normalized spacial score (nSPS) is 26.4. The van der Waals surface area contributed by atoms with Crippen molar-refractivity contribution in [2.24, 2.45) is 0 Å². The number of carbonyl (C=O) groups is 1. The molecule has 0 saturated carbocycles. The summed E-state index contributed by atoms with van der Waals surface area (Å²) in [4.78, 5) is 14.6. The molecule has 0 bridgehead atoms. The van der Waals surface area contributed by atoms with E-state index in [4.69, 9.17) is 0 Å². The third-order valence-corrected chi connectivity index (χ3v) is 4.29. The molecule has 1 N–H and O–H groups in total. The number of carbonyl (C=O) groups excluding carboxylic acids is 1. The van der Waals surface area contributed by atoms with E-state index < -0.39 is 5.82 Å². The average molecular weight is 262 g/mol. The number of nitrogens with zero attached hydrogens (tertiary/aromatic N) is 1. The van der Waals surface area contributed by atoms with Crippen LogP contribution in [0.25, 0.3) is 0 Å². The second kappa shape index (κ2) is 4.93. The zero-order valence-electron chi connectivity index (χ0n) is 11.2. The molecule has 2 fully saturated rings. The van der Waals surface area contributed by atoms with Crippen LogP contribution in [0.2, 0.25) is 0 Å². The lowest BCUT2D eigenvalue weighted by atomic mass is 10.1. The van der Waals surface area contributed by atoms with Gasteiger partial charge in [-0.1, -0.05) is 11.6 Å². The standard InChI is InChI=1S/C15H19FN2O/c1-10-4-5-12(16)11(9-10)15(19)17-13-6-8-18-7-2-3-14(13)18/h4-5,9,13-14H,2-3,6-8H2,1H3,(H,17,19). The monoisotopic (exact) mass is 262 g/mol. The van der Waals surface area contributed by atoms with Crippen LogP contribution in [0.1, 0.15) is 35.2 Å². The smallest absolute Gasteiger partial charge is 0.254 e. The number of benzene rings is 1. The van der Waals surface area contributed by atoms with Crippen molar-refractivity contribution in [3.05, 3.63) is 35.1 Å². The molecule has 0 aliphatic carbocycles. The lowest BCUT2D eigenvalue weighted by Crippen LogP contribution is -2.42. The van der Waals surface area contributed by atoms with Crippen LogP contribution in [-0.4, -0.2) is 36.0 Å². The minimum Gasteiger partial charge on any atom is -0.348 e. The molecular weight excluding hydrogens is 243 g/mol. The van der Waals surface area contributed by atoms with Crippen molar-refractivity contribution >= 4 is 5.91 Å².